The molecule has 0 aromatic carbocycles. The summed E-state index contributed by atoms with van der Waals surface area (Å²) in [5.41, 5.74) is 0. The van der Waals surface area contributed by atoms with Gasteiger partial charge in [-0.15, -0.1) is 0 Å². The molecule has 0 spiro atoms. The molecule has 2 N–H and O–H groups in total. The zero-order valence-electron chi connectivity index (χ0n) is 11.9. The molecule has 0 radical (unpaired) electrons. The molecule has 1 amide bonds. The van der Waals surface area contributed by atoms with Crippen LogP contribution in [-0.2, 0) is 14.3 Å². The molecule has 0 saturated heterocycles. The number of aliphatic hydroxyl groups is 1. The average molecular weight is 259 g/mol. The van der Waals surface area contributed by atoms with Crippen LogP contribution in [0.3, 0.4) is 0 Å². The van der Waals surface area contributed by atoms with E-state index >= 15 is 0 Å². The Labute approximate surface area is 109 Å². The van der Waals surface area contributed by atoms with Gasteiger partial charge in [0.15, 0.2) is 0 Å². The minimum atomic E-state index is -1.13. The molecule has 0 unspecified atom stereocenters. The number of carbonyl (C=O) groups is 2. The SMILES string of the molecule is CC(C)COC(=O)[C@H](CC(C)C)NC(=O)[C@@H](C)O. The Morgan fingerprint density at radius 2 is 1.67 bits per heavy atom. The maximum atomic E-state index is 11.8. The molecule has 0 aromatic rings. The van der Waals surface area contributed by atoms with E-state index < -0.39 is 24.0 Å². The van der Waals surface area contributed by atoms with Crippen LogP contribution in [0.2, 0.25) is 0 Å². The molecule has 5 nitrogen and oxygen atoms in total. The zero-order valence-corrected chi connectivity index (χ0v) is 11.9. The predicted molar refractivity (Wildman–Crippen MR) is 68.9 cm³/mol. The van der Waals surface area contributed by atoms with Crippen molar-refractivity contribution < 1.29 is 19.4 Å². The van der Waals surface area contributed by atoms with Crippen molar-refractivity contribution in [2.45, 2.75) is 53.2 Å². The number of esters is 1. The minimum absolute atomic E-state index is 0.246. The Balaban J connectivity index is 4.47. The second-order valence-electron chi connectivity index (χ2n) is 5.39. The normalized spacial score (nSPS) is 14.4. The minimum Gasteiger partial charge on any atom is -0.464 e. The average Bonchev–Trinajstić information content (AvgIpc) is 2.23. The highest BCUT2D eigenvalue weighted by Gasteiger charge is 2.24. The summed E-state index contributed by atoms with van der Waals surface area (Å²) in [6.07, 6.45) is -0.632. The van der Waals surface area contributed by atoms with Gasteiger partial charge >= 0.3 is 5.97 Å². The van der Waals surface area contributed by atoms with Crippen LogP contribution >= 0.6 is 0 Å². The van der Waals surface area contributed by atoms with E-state index in [1.807, 2.05) is 27.7 Å². The predicted octanol–water partition coefficient (Wildman–Crippen LogP) is 1.10. The van der Waals surface area contributed by atoms with Crippen molar-refractivity contribution in [3.63, 3.8) is 0 Å². The van der Waals surface area contributed by atoms with Gasteiger partial charge in [-0.1, -0.05) is 27.7 Å². The van der Waals surface area contributed by atoms with Gasteiger partial charge in [-0.2, -0.15) is 0 Å². The van der Waals surface area contributed by atoms with Crippen LogP contribution in [-0.4, -0.2) is 35.7 Å². The van der Waals surface area contributed by atoms with Crippen LogP contribution < -0.4 is 5.32 Å². The third kappa shape index (κ3) is 7.27. The lowest BCUT2D eigenvalue weighted by Gasteiger charge is -2.20. The highest BCUT2D eigenvalue weighted by Crippen LogP contribution is 2.08. The van der Waals surface area contributed by atoms with E-state index in [2.05, 4.69) is 5.32 Å². The number of hydrogen-bond acceptors (Lipinski definition) is 4. The quantitative estimate of drug-likeness (QED) is 0.671. The van der Waals surface area contributed by atoms with Gasteiger partial charge in [-0.05, 0) is 25.2 Å². The summed E-state index contributed by atoms with van der Waals surface area (Å²) < 4.78 is 5.11. The molecule has 5 heteroatoms. The van der Waals surface area contributed by atoms with Crippen LogP contribution in [0.5, 0.6) is 0 Å². The Morgan fingerprint density at radius 3 is 2.06 bits per heavy atom. The number of hydrogen-bond donors (Lipinski definition) is 2. The first-order valence-electron chi connectivity index (χ1n) is 6.39. The van der Waals surface area contributed by atoms with Crippen LogP contribution in [0.1, 0.15) is 41.0 Å². The number of aliphatic hydroxyl groups excluding tert-OH is 1. The molecule has 0 heterocycles. The smallest absolute Gasteiger partial charge is 0.328 e. The second-order valence-corrected chi connectivity index (χ2v) is 5.39. The van der Waals surface area contributed by atoms with Crippen LogP contribution in [0.25, 0.3) is 0 Å². The number of ether oxygens (including phenoxy) is 1. The van der Waals surface area contributed by atoms with Crippen molar-refractivity contribution in [1.29, 1.82) is 0 Å². The molecule has 0 aliphatic heterocycles. The van der Waals surface area contributed by atoms with E-state index in [9.17, 15) is 9.59 Å². The molecule has 0 aromatic heterocycles. The van der Waals surface area contributed by atoms with Crippen LogP contribution in [0.15, 0.2) is 0 Å². The van der Waals surface area contributed by atoms with Gasteiger partial charge in [0.2, 0.25) is 5.91 Å². The monoisotopic (exact) mass is 259 g/mol. The lowest BCUT2D eigenvalue weighted by atomic mass is 10.0. The molecule has 0 rings (SSSR count). The first kappa shape index (κ1) is 16.9. The van der Waals surface area contributed by atoms with Crippen LogP contribution in [0, 0.1) is 11.8 Å². The number of rotatable bonds is 7. The Hall–Kier alpha value is -1.10. The van der Waals surface area contributed by atoms with Crippen molar-refractivity contribution in [3.05, 3.63) is 0 Å². The molecule has 106 valence electrons. The van der Waals surface area contributed by atoms with Crippen molar-refractivity contribution >= 4 is 11.9 Å². The summed E-state index contributed by atoms with van der Waals surface area (Å²) >= 11 is 0. The highest BCUT2D eigenvalue weighted by molar-refractivity contribution is 5.86. The van der Waals surface area contributed by atoms with Crippen molar-refractivity contribution in [2.75, 3.05) is 6.61 Å². The van der Waals surface area contributed by atoms with Gasteiger partial charge < -0.3 is 15.2 Å². The van der Waals surface area contributed by atoms with Gasteiger partial charge in [0.25, 0.3) is 0 Å². The number of nitrogens with one attached hydrogen (secondary N) is 1. The summed E-state index contributed by atoms with van der Waals surface area (Å²) in [4.78, 5) is 23.2. The number of amides is 1. The molecule has 2 atom stereocenters. The molecular formula is C13H25NO4. The molecule has 18 heavy (non-hydrogen) atoms. The maximum Gasteiger partial charge on any atom is 0.328 e. The topological polar surface area (TPSA) is 75.6 Å². The summed E-state index contributed by atoms with van der Waals surface area (Å²) in [6, 6.07) is -0.689. The van der Waals surface area contributed by atoms with Gasteiger partial charge in [-0.3, -0.25) is 4.79 Å². The molecule has 0 aliphatic carbocycles. The second kappa shape index (κ2) is 8.08. The maximum absolute atomic E-state index is 11.8. The van der Waals surface area contributed by atoms with Crippen LogP contribution in [0.4, 0.5) is 0 Å². The fourth-order valence-corrected chi connectivity index (χ4v) is 1.33. The summed E-state index contributed by atoms with van der Waals surface area (Å²) in [6.45, 7) is 9.49. The summed E-state index contributed by atoms with van der Waals surface area (Å²) in [5, 5.41) is 11.6. The largest absolute Gasteiger partial charge is 0.464 e. The fourth-order valence-electron chi connectivity index (χ4n) is 1.33. The van der Waals surface area contributed by atoms with E-state index in [-0.39, 0.29) is 11.8 Å². The fraction of sp³-hybridized carbons (Fsp3) is 0.846. The number of carbonyl (C=O) groups excluding carboxylic acids is 2. The van der Waals surface area contributed by atoms with Crippen molar-refractivity contribution in [1.82, 2.24) is 5.32 Å². The molecule has 0 bridgehead atoms. The molecular weight excluding hydrogens is 234 g/mol. The zero-order chi connectivity index (χ0) is 14.3. The molecule has 0 aliphatic rings. The lowest BCUT2D eigenvalue weighted by Crippen LogP contribution is -2.46. The first-order valence-corrected chi connectivity index (χ1v) is 6.39. The van der Waals surface area contributed by atoms with Crippen molar-refractivity contribution in [2.24, 2.45) is 11.8 Å². The Bertz CT molecular complexity index is 274. The van der Waals surface area contributed by atoms with Gasteiger partial charge in [0.05, 0.1) is 6.61 Å². The third-order valence-electron chi connectivity index (χ3n) is 2.25. The summed E-state index contributed by atoms with van der Waals surface area (Å²) in [7, 11) is 0. The molecule has 0 saturated carbocycles. The van der Waals surface area contributed by atoms with Gasteiger partial charge in [0.1, 0.15) is 12.1 Å². The van der Waals surface area contributed by atoms with Crippen molar-refractivity contribution in [3.8, 4) is 0 Å². The van der Waals surface area contributed by atoms with E-state index in [4.69, 9.17) is 9.84 Å². The third-order valence-corrected chi connectivity index (χ3v) is 2.25. The standard InChI is InChI=1S/C13H25NO4/c1-8(2)6-11(14-12(16)10(5)15)13(17)18-7-9(3)4/h8-11,15H,6-7H2,1-5H3,(H,14,16)/t10-,11+/m1/s1. The first-order chi connectivity index (χ1) is 8.23. The van der Waals surface area contributed by atoms with E-state index in [1.165, 1.54) is 6.92 Å². The van der Waals surface area contributed by atoms with E-state index in [0.717, 1.165) is 0 Å². The Morgan fingerprint density at radius 1 is 1.11 bits per heavy atom. The van der Waals surface area contributed by atoms with Gasteiger partial charge in [0, 0.05) is 0 Å². The Kier molecular flexibility index (Phi) is 7.59. The van der Waals surface area contributed by atoms with E-state index in [0.29, 0.717) is 13.0 Å². The lowest BCUT2D eigenvalue weighted by molar-refractivity contribution is -0.150. The van der Waals surface area contributed by atoms with Gasteiger partial charge in [-0.25, -0.2) is 4.79 Å². The molecule has 0 fully saturated rings. The summed E-state index contributed by atoms with van der Waals surface area (Å²) in [5.74, 6) is -0.495. The van der Waals surface area contributed by atoms with E-state index in [1.54, 1.807) is 0 Å². The highest BCUT2D eigenvalue weighted by atomic mass is 16.5.